The number of nitrogens with zero attached hydrogens (tertiary/aromatic N) is 4. The number of hydrogen-bond donors (Lipinski definition) is 0. The van der Waals surface area contributed by atoms with Crippen LogP contribution in [-0.4, -0.2) is 42.1 Å². The second-order valence-corrected chi connectivity index (χ2v) is 8.08. The van der Waals surface area contributed by atoms with E-state index in [9.17, 15) is 0 Å². The Bertz CT molecular complexity index is 930. The largest absolute Gasteiger partial charge is 0.342 e. The van der Waals surface area contributed by atoms with E-state index in [2.05, 4.69) is 65.7 Å². The van der Waals surface area contributed by atoms with Gasteiger partial charge in [-0.15, -0.1) is 0 Å². The van der Waals surface area contributed by atoms with Gasteiger partial charge in [-0.3, -0.25) is 4.99 Å². The van der Waals surface area contributed by atoms with Crippen molar-refractivity contribution in [3.63, 3.8) is 0 Å². The summed E-state index contributed by atoms with van der Waals surface area (Å²) in [5, 5.41) is 0. The lowest BCUT2D eigenvalue weighted by Crippen LogP contribution is -2.47. The van der Waals surface area contributed by atoms with E-state index in [1.807, 2.05) is 19.2 Å². The number of allylic oxidation sites excluding steroid dienone is 3. The SMILES string of the molecule is C=CC=N/C=C\CC1=CC(=C)N(C)C(N2CCCC(C(=C)c3ccc(CC)cc3)C2)=N1. The van der Waals surface area contributed by atoms with Crippen molar-refractivity contribution in [1.29, 1.82) is 0 Å². The molecule has 1 fully saturated rings. The summed E-state index contributed by atoms with van der Waals surface area (Å²) in [4.78, 5) is 13.6. The molecule has 162 valence electrons. The number of rotatable bonds is 7. The predicted molar refractivity (Wildman–Crippen MR) is 134 cm³/mol. The van der Waals surface area contributed by atoms with Gasteiger partial charge in [-0.2, -0.15) is 0 Å². The number of guanidine groups is 1. The molecule has 1 unspecified atom stereocenters. The first-order valence-electron chi connectivity index (χ1n) is 11.1. The average Bonchev–Trinajstić information content (AvgIpc) is 2.80. The van der Waals surface area contributed by atoms with Crippen LogP contribution in [0.5, 0.6) is 0 Å². The highest BCUT2D eigenvalue weighted by atomic mass is 15.4. The minimum Gasteiger partial charge on any atom is -0.342 e. The van der Waals surface area contributed by atoms with Crippen LogP contribution in [0.15, 0.2) is 89.8 Å². The van der Waals surface area contributed by atoms with E-state index in [1.165, 1.54) is 16.7 Å². The third kappa shape index (κ3) is 5.72. The third-order valence-corrected chi connectivity index (χ3v) is 5.95. The number of aliphatic imine (C=N–C) groups is 2. The summed E-state index contributed by atoms with van der Waals surface area (Å²) in [6, 6.07) is 8.87. The van der Waals surface area contributed by atoms with Crippen LogP contribution in [0, 0.1) is 5.92 Å². The molecule has 1 saturated heterocycles. The number of likely N-dealkylation sites (N-methyl/N-ethyl adjacent to an activating group) is 1. The van der Waals surface area contributed by atoms with Crippen LogP contribution < -0.4 is 0 Å². The molecule has 0 N–H and O–H groups in total. The Kier molecular flexibility index (Phi) is 7.82. The monoisotopic (exact) mass is 414 g/mol. The second kappa shape index (κ2) is 10.8. The first-order valence-corrected chi connectivity index (χ1v) is 11.1. The number of piperidine rings is 1. The summed E-state index contributed by atoms with van der Waals surface area (Å²) in [7, 11) is 2.04. The van der Waals surface area contributed by atoms with Gasteiger partial charge in [0, 0.05) is 50.6 Å². The lowest BCUT2D eigenvalue weighted by Gasteiger charge is -2.40. The fourth-order valence-electron chi connectivity index (χ4n) is 4.02. The highest BCUT2D eigenvalue weighted by molar-refractivity contribution is 5.85. The van der Waals surface area contributed by atoms with Crippen molar-refractivity contribution >= 4 is 17.7 Å². The van der Waals surface area contributed by atoms with E-state index in [0.29, 0.717) is 5.92 Å². The van der Waals surface area contributed by atoms with Crippen molar-refractivity contribution < 1.29 is 0 Å². The summed E-state index contributed by atoms with van der Waals surface area (Å²) >= 11 is 0. The van der Waals surface area contributed by atoms with Crippen molar-refractivity contribution in [3.05, 3.63) is 91.0 Å². The van der Waals surface area contributed by atoms with Crippen LogP contribution in [0.25, 0.3) is 5.57 Å². The summed E-state index contributed by atoms with van der Waals surface area (Å²) in [6.07, 6.45) is 13.2. The Morgan fingerprint density at radius 1 is 1.29 bits per heavy atom. The molecule has 2 aliphatic rings. The summed E-state index contributed by atoms with van der Waals surface area (Å²) < 4.78 is 0. The molecule has 4 nitrogen and oxygen atoms in total. The van der Waals surface area contributed by atoms with Crippen molar-refractivity contribution in [3.8, 4) is 0 Å². The molecule has 1 atom stereocenters. The zero-order valence-electron chi connectivity index (χ0n) is 18.9. The lowest BCUT2D eigenvalue weighted by molar-refractivity contribution is 0.274. The van der Waals surface area contributed by atoms with E-state index >= 15 is 0 Å². The molecular formula is C27H34N4. The first kappa shape index (κ1) is 22.5. The second-order valence-electron chi connectivity index (χ2n) is 8.08. The van der Waals surface area contributed by atoms with Crippen LogP contribution in [0.2, 0.25) is 0 Å². The molecule has 0 amide bonds. The topological polar surface area (TPSA) is 31.2 Å². The summed E-state index contributed by atoms with van der Waals surface area (Å²) in [6.45, 7) is 16.4. The van der Waals surface area contributed by atoms with Crippen LogP contribution in [0.4, 0.5) is 0 Å². The molecule has 2 heterocycles. The molecule has 0 saturated carbocycles. The Labute approximate surface area is 187 Å². The normalized spacial score (nSPS) is 19.7. The number of aryl methyl sites for hydroxylation is 1. The fourth-order valence-corrected chi connectivity index (χ4v) is 4.02. The molecule has 4 heteroatoms. The van der Waals surface area contributed by atoms with Crippen LogP contribution in [-0.2, 0) is 6.42 Å². The Balaban J connectivity index is 1.72. The van der Waals surface area contributed by atoms with Gasteiger partial charge < -0.3 is 9.80 Å². The van der Waals surface area contributed by atoms with Gasteiger partial charge in [0.15, 0.2) is 0 Å². The van der Waals surface area contributed by atoms with E-state index in [-0.39, 0.29) is 0 Å². The van der Waals surface area contributed by atoms with Crippen molar-refractivity contribution in [2.45, 2.75) is 32.6 Å². The molecule has 0 bridgehead atoms. The zero-order valence-corrected chi connectivity index (χ0v) is 18.9. The van der Waals surface area contributed by atoms with E-state index in [4.69, 9.17) is 4.99 Å². The van der Waals surface area contributed by atoms with Gasteiger partial charge in [0.05, 0.1) is 5.70 Å². The molecule has 0 spiro atoms. The Morgan fingerprint density at radius 3 is 2.77 bits per heavy atom. The van der Waals surface area contributed by atoms with Gasteiger partial charge in [0.25, 0.3) is 0 Å². The molecule has 0 aliphatic carbocycles. The van der Waals surface area contributed by atoms with Gasteiger partial charge in [0.2, 0.25) is 5.96 Å². The minimum absolute atomic E-state index is 0.424. The molecule has 31 heavy (non-hydrogen) atoms. The smallest absolute Gasteiger partial charge is 0.205 e. The van der Waals surface area contributed by atoms with E-state index in [1.54, 1.807) is 18.5 Å². The van der Waals surface area contributed by atoms with E-state index < -0.39 is 0 Å². The lowest BCUT2D eigenvalue weighted by atomic mass is 9.87. The van der Waals surface area contributed by atoms with Crippen LogP contribution >= 0.6 is 0 Å². The quantitative estimate of drug-likeness (QED) is 0.525. The number of hydrogen-bond acceptors (Lipinski definition) is 4. The highest BCUT2D eigenvalue weighted by Gasteiger charge is 2.28. The maximum atomic E-state index is 4.96. The molecule has 0 aromatic heterocycles. The molecule has 1 aromatic rings. The van der Waals surface area contributed by atoms with Gasteiger partial charge in [-0.05, 0) is 42.0 Å². The predicted octanol–water partition coefficient (Wildman–Crippen LogP) is 5.83. The Hall–Kier alpha value is -3.14. The molecule has 1 aromatic carbocycles. The first-order chi connectivity index (χ1) is 15.0. The molecule has 0 radical (unpaired) electrons. The Morgan fingerprint density at radius 2 is 2.06 bits per heavy atom. The van der Waals surface area contributed by atoms with Gasteiger partial charge >= 0.3 is 0 Å². The van der Waals surface area contributed by atoms with Crippen LogP contribution in [0.1, 0.15) is 37.3 Å². The highest BCUT2D eigenvalue weighted by Crippen LogP contribution is 2.31. The van der Waals surface area contributed by atoms with Crippen molar-refractivity contribution in [1.82, 2.24) is 9.80 Å². The van der Waals surface area contributed by atoms with E-state index in [0.717, 1.165) is 56.1 Å². The average molecular weight is 415 g/mol. The zero-order chi connectivity index (χ0) is 22.2. The number of likely N-dealkylation sites (tertiary alicyclic amines) is 1. The molecular weight excluding hydrogens is 380 g/mol. The van der Waals surface area contributed by atoms with Gasteiger partial charge in [0.1, 0.15) is 0 Å². The van der Waals surface area contributed by atoms with Crippen LogP contribution in [0.3, 0.4) is 0 Å². The standard InChI is InChI=1S/C27H34N4/c1-6-16-28-17-8-11-26-19-21(3)30(5)27(29-26)31-18-9-10-25(20-31)22(4)24-14-12-23(7-2)13-15-24/h6,8,12-17,19,25H,1,3-4,7,9-11,18,20H2,2,5H3/b17-8-,28-16?. The molecule has 2 aliphatic heterocycles. The third-order valence-electron chi connectivity index (χ3n) is 5.95. The van der Waals surface area contributed by atoms with Gasteiger partial charge in [-0.1, -0.05) is 63.1 Å². The van der Waals surface area contributed by atoms with Crippen molar-refractivity contribution in [2.24, 2.45) is 15.9 Å². The number of benzene rings is 1. The maximum absolute atomic E-state index is 4.96. The van der Waals surface area contributed by atoms with Gasteiger partial charge in [-0.25, -0.2) is 4.99 Å². The fraction of sp³-hybridized carbons (Fsp3) is 0.333. The molecule has 3 rings (SSSR count). The van der Waals surface area contributed by atoms with Crippen molar-refractivity contribution in [2.75, 3.05) is 20.1 Å². The summed E-state index contributed by atoms with van der Waals surface area (Å²) in [5.74, 6) is 1.40. The summed E-state index contributed by atoms with van der Waals surface area (Å²) in [5.41, 5.74) is 5.79. The minimum atomic E-state index is 0.424. The maximum Gasteiger partial charge on any atom is 0.205 e.